The van der Waals surface area contributed by atoms with Gasteiger partial charge in [0, 0.05) is 18.8 Å². The first-order chi connectivity index (χ1) is 10.7. The molecular weight excluding hydrogens is 270 g/mol. The lowest BCUT2D eigenvalue weighted by atomic mass is 9.99. The van der Waals surface area contributed by atoms with Crippen LogP contribution in [0.15, 0.2) is 36.4 Å². The Labute approximate surface area is 133 Å². The smallest absolute Gasteiger partial charge is 0.125 e. The summed E-state index contributed by atoms with van der Waals surface area (Å²) in [7, 11) is 0. The van der Waals surface area contributed by atoms with Crippen LogP contribution in [0, 0.1) is 13.8 Å². The van der Waals surface area contributed by atoms with Crippen LogP contribution in [0.4, 0.5) is 5.69 Å². The average molecular weight is 295 g/mol. The van der Waals surface area contributed by atoms with Gasteiger partial charge in [0.2, 0.25) is 0 Å². The zero-order valence-corrected chi connectivity index (χ0v) is 13.9. The second-order valence-electron chi connectivity index (χ2n) is 6.12. The maximum atomic E-state index is 5.76. The zero-order chi connectivity index (χ0) is 15.5. The normalized spacial score (nSPS) is 14.4. The van der Waals surface area contributed by atoms with Crippen LogP contribution in [0.5, 0.6) is 5.75 Å². The number of nitrogens with zero attached hydrogens (tertiary/aromatic N) is 1. The van der Waals surface area contributed by atoms with Gasteiger partial charge >= 0.3 is 0 Å². The van der Waals surface area contributed by atoms with Crippen molar-refractivity contribution < 1.29 is 4.74 Å². The molecule has 0 unspecified atom stereocenters. The molecule has 1 heterocycles. The average Bonchev–Trinajstić information content (AvgIpc) is 3.05. The Morgan fingerprint density at radius 3 is 2.27 bits per heavy atom. The van der Waals surface area contributed by atoms with Gasteiger partial charge in [0.1, 0.15) is 5.75 Å². The van der Waals surface area contributed by atoms with Crippen LogP contribution in [0.2, 0.25) is 0 Å². The maximum absolute atomic E-state index is 5.76. The number of anilines is 1. The minimum Gasteiger partial charge on any atom is -0.493 e. The molecule has 0 N–H and O–H groups in total. The van der Waals surface area contributed by atoms with E-state index in [9.17, 15) is 0 Å². The van der Waals surface area contributed by atoms with E-state index in [0.717, 1.165) is 5.75 Å². The highest BCUT2D eigenvalue weighted by Gasteiger charge is 2.13. The Morgan fingerprint density at radius 1 is 0.955 bits per heavy atom. The van der Waals surface area contributed by atoms with Gasteiger partial charge in [-0.3, -0.25) is 0 Å². The van der Waals surface area contributed by atoms with E-state index in [2.05, 4.69) is 55.1 Å². The van der Waals surface area contributed by atoms with Crippen molar-refractivity contribution in [2.75, 3.05) is 24.6 Å². The Morgan fingerprint density at radius 2 is 1.64 bits per heavy atom. The van der Waals surface area contributed by atoms with Crippen LogP contribution in [0.3, 0.4) is 0 Å². The Hall–Kier alpha value is -1.96. The van der Waals surface area contributed by atoms with Crippen molar-refractivity contribution in [3.05, 3.63) is 47.5 Å². The predicted octanol–water partition coefficient (Wildman–Crippen LogP) is 4.97. The molecule has 0 amide bonds. The van der Waals surface area contributed by atoms with Gasteiger partial charge in [0.25, 0.3) is 0 Å². The second-order valence-corrected chi connectivity index (χ2v) is 6.12. The first-order valence-corrected chi connectivity index (χ1v) is 8.28. The molecule has 2 nitrogen and oxygen atoms in total. The van der Waals surface area contributed by atoms with E-state index in [1.807, 2.05) is 6.92 Å². The molecule has 2 aromatic carbocycles. The minimum atomic E-state index is 0.714. The SMILES string of the molecule is CCOc1c(C)cc(-c2cccc(N3CCCC3)c2)cc1C. The molecule has 0 spiro atoms. The van der Waals surface area contributed by atoms with Crippen LogP contribution >= 0.6 is 0 Å². The van der Waals surface area contributed by atoms with Crippen LogP contribution in [0.1, 0.15) is 30.9 Å². The number of rotatable bonds is 4. The monoisotopic (exact) mass is 295 g/mol. The summed E-state index contributed by atoms with van der Waals surface area (Å²) >= 11 is 0. The topological polar surface area (TPSA) is 12.5 Å². The number of hydrogen-bond acceptors (Lipinski definition) is 2. The third-order valence-electron chi connectivity index (χ3n) is 4.40. The molecule has 0 radical (unpaired) electrons. The fourth-order valence-electron chi connectivity index (χ4n) is 3.35. The van der Waals surface area contributed by atoms with E-state index in [0.29, 0.717) is 6.61 Å². The van der Waals surface area contributed by atoms with Crippen LogP contribution in [0.25, 0.3) is 11.1 Å². The molecule has 0 aromatic heterocycles. The maximum Gasteiger partial charge on any atom is 0.125 e. The van der Waals surface area contributed by atoms with E-state index in [1.54, 1.807) is 0 Å². The van der Waals surface area contributed by atoms with Gasteiger partial charge in [-0.25, -0.2) is 0 Å². The van der Waals surface area contributed by atoms with Crippen molar-refractivity contribution in [2.45, 2.75) is 33.6 Å². The van der Waals surface area contributed by atoms with E-state index < -0.39 is 0 Å². The fourth-order valence-corrected chi connectivity index (χ4v) is 3.35. The summed E-state index contributed by atoms with van der Waals surface area (Å²) in [6.45, 7) is 9.38. The summed E-state index contributed by atoms with van der Waals surface area (Å²) < 4.78 is 5.76. The number of benzene rings is 2. The molecule has 0 bridgehead atoms. The highest BCUT2D eigenvalue weighted by molar-refractivity contribution is 5.71. The summed E-state index contributed by atoms with van der Waals surface area (Å²) in [4.78, 5) is 2.48. The van der Waals surface area contributed by atoms with Gasteiger partial charge in [-0.05, 0) is 80.1 Å². The largest absolute Gasteiger partial charge is 0.493 e. The lowest BCUT2D eigenvalue weighted by Crippen LogP contribution is -2.17. The highest BCUT2D eigenvalue weighted by Crippen LogP contribution is 2.32. The van der Waals surface area contributed by atoms with Crippen molar-refractivity contribution in [3.8, 4) is 16.9 Å². The van der Waals surface area contributed by atoms with Gasteiger partial charge in [-0.15, -0.1) is 0 Å². The second kappa shape index (κ2) is 6.43. The molecular formula is C20H25NO. The summed E-state index contributed by atoms with van der Waals surface area (Å²) in [5.74, 6) is 1.03. The van der Waals surface area contributed by atoms with Gasteiger partial charge < -0.3 is 9.64 Å². The number of hydrogen-bond donors (Lipinski definition) is 0. The Bertz CT molecular complexity index is 634. The van der Waals surface area contributed by atoms with Crippen molar-refractivity contribution in [1.29, 1.82) is 0 Å². The van der Waals surface area contributed by atoms with Crippen LogP contribution < -0.4 is 9.64 Å². The van der Waals surface area contributed by atoms with Crippen molar-refractivity contribution in [3.63, 3.8) is 0 Å². The summed E-state index contributed by atoms with van der Waals surface area (Å²) in [5.41, 5.74) is 6.34. The molecule has 0 saturated carbocycles. The third kappa shape index (κ3) is 2.96. The third-order valence-corrected chi connectivity index (χ3v) is 4.40. The summed E-state index contributed by atoms with van der Waals surface area (Å²) in [5, 5.41) is 0. The van der Waals surface area contributed by atoms with Gasteiger partial charge in [-0.2, -0.15) is 0 Å². The first-order valence-electron chi connectivity index (χ1n) is 8.28. The van der Waals surface area contributed by atoms with E-state index >= 15 is 0 Å². The van der Waals surface area contributed by atoms with Crippen molar-refractivity contribution in [1.82, 2.24) is 0 Å². The molecule has 2 aromatic rings. The predicted molar refractivity (Wildman–Crippen MR) is 94.0 cm³/mol. The molecule has 1 fully saturated rings. The molecule has 22 heavy (non-hydrogen) atoms. The van der Waals surface area contributed by atoms with Crippen molar-refractivity contribution >= 4 is 5.69 Å². The van der Waals surface area contributed by atoms with E-state index in [4.69, 9.17) is 4.74 Å². The summed E-state index contributed by atoms with van der Waals surface area (Å²) in [6, 6.07) is 13.4. The molecule has 1 saturated heterocycles. The quantitative estimate of drug-likeness (QED) is 0.789. The minimum absolute atomic E-state index is 0.714. The van der Waals surface area contributed by atoms with Crippen LogP contribution in [-0.2, 0) is 0 Å². The number of ether oxygens (including phenoxy) is 1. The van der Waals surface area contributed by atoms with E-state index in [1.165, 1.54) is 53.9 Å². The molecule has 0 atom stereocenters. The molecule has 2 heteroatoms. The standard InChI is InChI=1S/C20H25NO/c1-4-22-20-15(2)12-18(13-16(20)3)17-8-7-9-19(14-17)21-10-5-6-11-21/h7-9,12-14H,4-6,10-11H2,1-3H3. The molecule has 116 valence electrons. The Balaban J connectivity index is 1.95. The van der Waals surface area contributed by atoms with Gasteiger partial charge in [0.05, 0.1) is 6.61 Å². The summed E-state index contributed by atoms with van der Waals surface area (Å²) in [6.07, 6.45) is 2.62. The van der Waals surface area contributed by atoms with Gasteiger partial charge in [0.15, 0.2) is 0 Å². The fraction of sp³-hybridized carbons (Fsp3) is 0.400. The molecule has 3 rings (SSSR count). The zero-order valence-electron chi connectivity index (χ0n) is 13.9. The van der Waals surface area contributed by atoms with E-state index in [-0.39, 0.29) is 0 Å². The van der Waals surface area contributed by atoms with Gasteiger partial charge in [-0.1, -0.05) is 12.1 Å². The lowest BCUT2D eigenvalue weighted by molar-refractivity contribution is 0.335. The molecule has 1 aliphatic heterocycles. The molecule has 1 aliphatic rings. The first kappa shape index (κ1) is 15.0. The lowest BCUT2D eigenvalue weighted by Gasteiger charge is -2.19. The Kier molecular flexibility index (Phi) is 4.37. The number of aryl methyl sites for hydroxylation is 2. The highest BCUT2D eigenvalue weighted by atomic mass is 16.5. The van der Waals surface area contributed by atoms with Crippen molar-refractivity contribution in [2.24, 2.45) is 0 Å². The molecule has 0 aliphatic carbocycles. The van der Waals surface area contributed by atoms with Crippen LogP contribution in [-0.4, -0.2) is 19.7 Å².